The molecule has 11 heteroatoms. The van der Waals surface area contributed by atoms with Gasteiger partial charge < -0.3 is 14.7 Å². The Bertz CT molecular complexity index is 1090. The molecule has 1 N–H and O–H groups in total. The third-order valence-electron chi connectivity index (χ3n) is 5.58. The monoisotopic (exact) mass is 425 g/mol. The molecule has 4 rings (SSSR count). The van der Waals surface area contributed by atoms with E-state index < -0.39 is 41.4 Å². The van der Waals surface area contributed by atoms with Crippen molar-refractivity contribution in [3.63, 3.8) is 0 Å². The average Bonchev–Trinajstić information content (AvgIpc) is 3.36. The van der Waals surface area contributed by atoms with Crippen LogP contribution in [0.2, 0.25) is 0 Å². The van der Waals surface area contributed by atoms with Crippen LogP contribution in [0, 0.1) is 0 Å². The molecular formula is C19H18F3N3O5. The molecule has 1 saturated heterocycles. The lowest BCUT2D eigenvalue weighted by Gasteiger charge is -2.27. The zero-order valence-electron chi connectivity index (χ0n) is 15.8. The number of aromatic nitrogens is 2. The smallest absolute Gasteiger partial charge is 0.416 e. The van der Waals surface area contributed by atoms with Crippen molar-refractivity contribution in [3.05, 3.63) is 46.0 Å². The number of aromatic hydroxyl groups is 1. The van der Waals surface area contributed by atoms with Crippen LogP contribution in [-0.4, -0.2) is 44.7 Å². The second-order valence-corrected chi connectivity index (χ2v) is 7.27. The Hall–Kier alpha value is -3.24. The number of alkyl halides is 3. The number of amides is 1. The van der Waals surface area contributed by atoms with Gasteiger partial charge in [-0.1, -0.05) is 6.07 Å². The molecule has 0 unspecified atom stereocenters. The number of benzene rings is 1. The van der Waals surface area contributed by atoms with Crippen LogP contribution in [0.4, 0.5) is 13.2 Å². The first kappa shape index (κ1) is 20.0. The van der Waals surface area contributed by atoms with Crippen LogP contribution in [0.1, 0.15) is 42.6 Å². The van der Waals surface area contributed by atoms with Crippen molar-refractivity contribution in [3.8, 4) is 11.6 Å². The summed E-state index contributed by atoms with van der Waals surface area (Å²) >= 11 is 0. The number of rotatable bonds is 4. The van der Waals surface area contributed by atoms with Crippen LogP contribution in [0.25, 0.3) is 5.69 Å². The molecule has 2 aliphatic rings. The van der Waals surface area contributed by atoms with Gasteiger partial charge in [0.15, 0.2) is 0 Å². The van der Waals surface area contributed by atoms with Crippen LogP contribution < -0.4 is 5.69 Å². The Morgan fingerprint density at radius 2 is 2.00 bits per heavy atom. The van der Waals surface area contributed by atoms with Crippen LogP contribution in [-0.2, 0) is 20.5 Å². The number of methoxy groups -OCH3 is 1. The van der Waals surface area contributed by atoms with Crippen molar-refractivity contribution < 1.29 is 32.6 Å². The minimum absolute atomic E-state index is 0.0742. The van der Waals surface area contributed by atoms with E-state index in [4.69, 9.17) is 0 Å². The number of likely N-dealkylation sites (tertiary alicyclic amines) is 1. The van der Waals surface area contributed by atoms with E-state index in [1.807, 2.05) is 0 Å². The first-order chi connectivity index (χ1) is 14.1. The molecule has 30 heavy (non-hydrogen) atoms. The molecule has 2 atom stereocenters. The number of carbonyl (C=O) groups is 2. The van der Waals surface area contributed by atoms with Gasteiger partial charge in [0.2, 0.25) is 11.8 Å². The molecule has 0 radical (unpaired) electrons. The molecule has 0 aliphatic carbocycles. The Balaban J connectivity index is 1.68. The topological polar surface area (TPSA) is 93.8 Å². The van der Waals surface area contributed by atoms with Gasteiger partial charge >= 0.3 is 17.8 Å². The quantitative estimate of drug-likeness (QED) is 0.758. The Morgan fingerprint density at radius 3 is 2.67 bits per heavy atom. The maximum absolute atomic E-state index is 13.0. The van der Waals surface area contributed by atoms with E-state index in [0.717, 1.165) is 22.8 Å². The average molecular weight is 425 g/mol. The standard InChI is InChI=1S/C19H18F3N3O5/c1-30-15(27)6-5-14(26)23-9-12-8-13(23)16-17(28)25(18(29)24(12)16)11-4-2-3-10(7-11)19(20,21)22/h2-4,7,12-13,28H,5-6,8-9H2,1H3/t12-,13-/m0/s1. The zero-order valence-corrected chi connectivity index (χ0v) is 15.8. The molecule has 1 amide bonds. The molecule has 160 valence electrons. The lowest BCUT2D eigenvalue weighted by atomic mass is 10.1. The van der Waals surface area contributed by atoms with Gasteiger partial charge in [-0.2, -0.15) is 13.2 Å². The zero-order chi connectivity index (χ0) is 21.8. The van der Waals surface area contributed by atoms with E-state index in [-0.39, 0.29) is 36.7 Å². The molecule has 0 spiro atoms. The lowest BCUT2D eigenvalue weighted by Crippen LogP contribution is -2.38. The number of esters is 1. The number of hydrogen-bond donors (Lipinski definition) is 1. The largest absolute Gasteiger partial charge is 0.493 e. The minimum atomic E-state index is -4.60. The van der Waals surface area contributed by atoms with Crippen molar-refractivity contribution in [1.29, 1.82) is 0 Å². The van der Waals surface area contributed by atoms with E-state index in [1.54, 1.807) is 0 Å². The second kappa shape index (κ2) is 6.92. The molecule has 3 heterocycles. The summed E-state index contributed by atoms with van der Waals surface area (Å²) in [5.74, 6) is -1.33. The van der Waals surface area contributed by atoms with Crippen LogP contribution >= 0.6 is 0 Å². The molecule has 1 aromatic heterocycles. The maximum Gasteiger partial charge on any atom is 0.416 e. The van der Waals surface area contributed by atoms with E-state index in [2.05, 4.69) is 4.74 Å². The number of imidazole rings is 1. The van der Waals surface area contributed by atoms with Gasteiger partial charge in [-0.25, -0.2) is 9.36 Å². The fourth-order valence-corrected chi connectivity index (χ4v) is 4.23. The van der Waals surface area contributed by atoms with E-state index >= 15 is 0 Å². The Morgan fingerprint density at radius 1 is 1.27 bits per heavy atom. The van der Waals surface area contributed by atoms with Gasteiger partial charge in [0.25, 0.3) is 0 Å². The van der Waals surface area contributed by atoms with Crippen molar-refractivity contribution in [2.45, 2.75) is 37.5 Å². The highest BCUT2D eigenvalue weighted by molar-refractivity contribution is 5.82. The summed E-state index contributed by atoms with van der Waals surface area (Å²) in [4.78, 5) is 38.2. The Kier molecular flexibility index (Phi) is 4.63. The third kappa shape index (κ3) is 3.04. The van der Waals surface area contributed by atoms with Crippen molar-refractivity contribution in [2.24, 2.45) is 0 Å². The SMILES string of the molecule is COC(=O)CCC(=O)N1C[C@@H]2C[C@H]1c1c(O)n(-c3cccc(C(F)(F)F)c3)c(=O)n12. The first-order valence-electron chi connectivity index (χ1n) is 9.23. The highest BCUT2D eigenvalue weighted by Gasteiger charge is 2.49. The summed E-state index contributed by atoms with van der Waals surface area (Å²) in [6.07, 6.45) is -4.34. The van der Waals surface area contributed by atoms with Gasteiger partial charge in [-0.15, -0.1) is 0 Å². The number of halogens is 3. The normalized spacial score (nSPS) is 19.8. The van der Waals surface area contributed by atoms with Gasteiger partial charge in [0.1, 0.15) is 5.69 Å². The van der Waals surface area contributed by atoms with Crippen molar-refractivity contribution in [1.82, 2.24) is 14.0 Å². The van der Waals surface area contributed by atoms with Gasteiger partial charge in [0.05, 0.1) is 36.9 Å². The number of ether oxygens (including phenoxy) is 1. The van der Waals surface area contributed by atoms with Gasteiger partial charge in [-0.3, -0.25) is 14.2 Å². The summed E-state index contributed by atoms with van der Waals surface area (Å²) < 4.78 is 45.8. The summed E-state index contributed by atoms with van der Waals surface area (Å²) in [5.41, 5.74) is -1.52. The maximum atomic E-state index is 13.0. The highest BCUT2D eigenvalue weighted by Crippen LogP contribution is 2.48. The predicted octanol–water partition coefficient (Wildman–Crippen LogP) is 2.14. The summed E-state index contributed by atoms with van der Waals surface area (Å²) in [7, 11) is 1.22. The van der Waals surface area contributed by atoms with E-state index in [9.17, 15) is 32.7 Å². The molecule has 1 fully saturated rings. The summed E-state index contributed by atoms with van der Waals surface area (Å²) in [6.45, 7) is 0.226. The van der Waals surface area contributed by atoms with Crippen molar-refractivity contribution in [2.75, 3.05) is 13.7 Å². The summed E-state index contributed by atoms with van der Waals surface area (Å²) in [5, 5.41) is 10.7. The second-order valence-electron chi connectivity index (χ2n) is 7.27. The molecule has 2 aliphatic heterocycles. The minimum Gasteiger partial charge on any atom is -0.493 e. The highest BCUT2D eigenvalue weighted by atomic mass is 19.4. The van der Waals surface area contributed by atoms with Gasteiger partial charge in [-0.05, 0) is 24.6 Å². The first-order valence-corrected chi connectivity index (χ1v) is 9.23. The van der Waals surface area contributed by atoms with E-state index in [0.29, 0.717) is 6.42 Å². The molecule has 8 nitrogen and oxygen atoms in total. The number of hydrogen-bond acceptors (Lipinski definition) is 5. The van der Waals surface area contributed by atoms with Crippen LogP contribution in [0.5, 0.6) is 5.88 Å². The fraction of sp³-hybridized carbons (Fsp3) is 0.421. The molecule has 1 aromatic carbocycles. The number of nitrogens with zero attached hydrogens (tertiary/aromatic N) is 3. The van der Waals surface area contributed by atoms with Crippen molar-refractivity contribution >= 4 is 11.9 Å². The molecule has 2 aromatic rings. The number of fused-ring (bicyclic) bond motifs is 5. The van der Waals surface area contributed by atoms with Crippen LogP contribution in [0.15, 0.2) is 29.1 Å². The summed E-state index contributed by atoms with van der Waals surface area (Å²) in [6, 6.07) is 3.15. The molecule has 0 saturated carbocycles. The fourth-order valence-electron chi connectivity index (χ4n) is 4.23. The lowest BCUT2D eigenvalue weighted by molar-refractivity contribution is -0.144. The van der Waals surface area contributed by atoms with Gasteiger partial charge in [0, 0.05) is 13.0 Å². The molecular weight excluding hydrogens is 407 g/mol. The third-order valence-corrected chi connectivity index (χ3v) is 5.58. The molecule has 2 bridgehead atoms. The van der Waals surface area contributed by atoms with E-state index in [1.165, 1.54) is 22.6 Å². The number of carbonyl (C=O) groups excluding carboxylic acids is 2. The predicted molar refractivity (Wildman–Crippen MR) is 96.1 cm³/mol. The Labute approximate surface area is 168 Å². The van der Waals surface area contributed by atoms with Crippen LogP contribution in [0.3, 0.4) is 0 Å².